The van der Waals surface area contributed by atoms with Gasteiger partial charge in [0.1, 0.15) is 5.75 Å². The number of sulfonamides is 1. The normalized spacial score (nSPS) is 14.1. The second kappa shape index (κ2) is 6.76. The molecular formula is C13H21NO5S2. The van der Waals surface area contributed by atoms with Gasteiger partial charge in [-0.05, 0) is 30.2 Å². The summed E-state index contributed by atoms with van der Waals surface area (Å²) < 4.78 is 50.5. The quantitative estimate of drug-likeness (QED) is 0.801. The molecule has 0 fully saturated rings. The third-order valence-electron chi connectivity index (χ3n) is 3.11. The number of rotatable bonds is 7. The van der Waals surface area contributed by atoms with Crippen LogP contribution in [0.3, 0.4) is 0 Å². The lowest BCUT2D eigenvalue weighted by Gasteiger charge is -2.20. The van der Waals surface area contributed by atoms with Crippen molar-refractivity contribution in [2.75, 3.05) is 18.6 Å². The van der Waals surface area contributed by atoms with Gasteiger partial charge >= 0.3 is 0 Å². The second-order valence-electron chi connectivity index (χ2n) is 5.39. The monoisotopic (exact) mass is 335 g/mol. The summed E-state index contributed by atoms with van der Waals surface area (Å²) in [5.74, 6) is 0.210. The Morgan fingerprint density at radius 1 is 1.10 bits per heavy atom. The summed E-state index contributed by atoms with van der Waals surface area (Å²) in [4.78, 5) is 0.208. The van der Waals surface area contributed by atoms with Gasteiger partial charge in [0.05, 0.1) is 17.3 Å². The fourth-order valence-electron chi connectivity index (χ4n) is 1.72. The molecule has 1 atom stereocenters. The lowest BCUT2D eigenvalue weighted by Crippen LogP contribution is -2.30. The van der Waals surface area contributed by atoms with Gasteiger partial charge in [-0.1, -0.05) is 13.8 Å². The molecule has 0 bridgehead atoms. The van der Waals surface area contributed by atoms with Gasteiger partial charge in [0.2, 0.25) is 10.0 Å². The van der Waals surface area contributed by atoms with Crippen LogP contribution < -0.4 is 9.88 Å². The standard InChI is InChI=1S/C13H21NO5S2/c1-10(2)11(9-21(14,17)18)8-19-12-4-6-13(7-5-12)20(3,15)16/h4-7,10-11H,8-9H2,1-3H3,(H2,14,17,18). The average Bonchev–Trinajstić information content (AvgIpc) is 2.32. The number of sulfone groups is 1. The summed E-state index contributed by atoms with van der Waals surface area (Å²) in [6.45, 7) is 3.99. The zero-order chi connectivity index (χ0) is 16.3. The van der Waals surface area contributed by atoms with Gasteiger partial charge in [0.15, 0.2) is 9.84 Å². The van der Waals surface area contributed by atoms with Crippen molar-refractivity contribution >= 4 is 19.9 Å². The van der Waals surface area contributed by atoms with Gasteiger partial charge in [-0.25, -0.2) is 22.0 Å². The van der Waals surface area contributed by atoms with Crippen LogP contribution in [0.15, 0.2) is 29.2 Å². The van der Waals surface area contributed by atoms with Gasteiger partial charge in [-0.15, -0.1) is 0 Å². The molecule has 0 radical (unpaired) electrons. The number of benzene rings is 1. The van der Waals surface area contributed by atoms with E-state index >= 15 is 0 Å². The van der Waals surface area contributed by atoms with E-state index in [2.05, 4.69) is 0 Å². The maximum atomic E-state index is 11.3. The fraction of sp³-hybridized carbons (Fsp3) is 0.538. The highest BCUT2D eigenvalue weighted by Crippen LogP contribution is 2.19. The molecule has 0 amide bonds. The predicted molar refractivity (Wildman–Crippen MR) is 81.3 cm³/mol. The molecule has 6 nitrogen and oxygen atoms in total. The second-order valence-corrected chi connectivity index (χ2v) is 9.06. The molecule has 1 rings (SSSR count). The Balaban J connectivity index is 2.73. The first-order valence-electron chi connectivity index (χ1n) is 6.42. The first-order chi connectivity index (χ1) is 9.49. The predicted octanol–water partition coefficient (Wildman–Crippen LogP) is 1.03. The molecule has 0 spiro atoms. The Bertz CT molecular complexity index is 663. The Morgan fingerprint density at radius 2 is 1.62 bits per heavy atom. The molecule has 8 heteroatoms. The number of ether oxygens (including phenoxy) is 1. The minimum atomic E-state index is -3.56. The van der Waals surface area contributed by atoms with E-state index < -0.39 is 19.9 Å². The highest BCUT2D eigenvalue weighted by Gasteiger charge is 2.20. The van der Waals surface area contributed by atoms with Crippen LogP contribution in [0.2, 0.25) is 0 Å². The minimum Gasteiger partial charge on any atom is -0.493 e. The van der Waals surface area contributed by atoms with E-state index in [1.54, 1.807) is 12.1 Å². The summed E-state index contributed by atoms with van der Waals surface area (Å²) in [5, 5.41) is 5.06. The average molecular weight is 335 g/mol. The summed E-state index contributed by atoms with van der Waals surface area (Å²) in [6, 6.07) is 6.00. The molecule has 0 aliphatic carbocycles. The molecule has 21 heavy (non-hydrogen) atoms. The SMILES string of the molecule is CC(C)C(COc1ccc(S(C)(=O)=O)cc1)CS(N)(=O)=O. The van der Waals surface area contributed by atoms with E-state index in [9.17, 15) is 16.8 Å². The Kier molecular flexibility index (Phi) is 5.77. The van der Waals surface area contributed by atoms with E-state index in [1.807, 2.05) is 13.8 Å². The van der Waals surface area contributed by atoms with Crippen molar-refractivity contribution in [2.45, 2.75) is 18.7 Å². The summed E-state index contributed by atoms with van der Waals surface area (Å²) >= 11 is 0. The largest absolute Gasteiger partial charge is 0.493 e. The Labute approximate surface area is 126 Å². The lowest BCUT2D eigenvalue weighted by atomic mass is 9.99. The van der Waals surface area contributed by atoms with E-state index in [-0.39, 0.29) is 29.1 Å². The molecule has 0 saturated heterocycles. The van der Waals surface area contributed by atoms with E-state index in [4.69, 9.17) is 9.88 Å². The summed E-state index contributed by atoms with van der Waals surface area (Å²) in [6.07, 6.45) is 1.13. The van der Waals surface area contributed by atoms with Crippen LogP contribution in [0.4, 0.5) is 0 Å². The number of primary sulfonamides is 1. The van der Waals surface area contributed by atoms with Crippen molar-refractivity contribution in [3.63, 3.8) is 0 Å². The molecule has 0 heterocycles. The van der Waals surface area contributed by atoms with Gasteiger partial charge in [0, 0.05) is 12.2 Å². The molecule has 2 N–H and O–H groups in total. The molecule has 1 aromatic rings. The van der Waals surface area contributed by atoms with Gasteiger partial charge in [-0.2, -0.15) is 0 Å². The molecule has 0 aliphatic heterocycles. The molecule has 1 aromatic carbocycles. The number of hydrogen-bond donors (Lipinski definition) is 1. The van der Waals surface area contributed by atoms with Gasteiger partial charge in [0.25, 0.3) is 0 Å². The highest BCUT2D eigenvalue weighted by atomic mass is 32.2. The third-order valence-corrected chi connectivity index (χ3v) is 5.13. The third kappa shape index (κ3) is 6.45. The van der Waals surface area contributed by atoms with E-state index in [0.29, 0.717) is 5.75 Å². The first kappa shape index (κ1) is 17.9. The van der Waals surface area contributed by atoms with Crippen molar-refractivity contribution in [3.05, 3.63) is 24.3 Å². The Hall–Kier alpha value is -1.12. The summed E-state index contributed by atoms with van der Waals surface area (Å²) in [7, 11) is -6.80. The lowest BCUT2D eigenvalue weighted by molar-refractivity contribution is 0.224. The van der Waals surface area contributed by atoms with E-state index in [0.717, 1.165) is 6.26 Å². The van der Waals surface area contributed by atoms with Crippen LogP contribution >= 0.6 is 0 Å². The highest BCUT2D eigenvalue weighted by molar-refractivity contribution is 7.90. The minimum absolute atomic E-state index is 0.0959. The number of nitrogens with two attached hydrogens (primary N) is 1. The molecule has 0 aliphatic rings. The van der Waals surface area contributed by atoms with Crippen molar-refractivity contribution < 1.29 is 21.6 Å². The van der Waals surface area contributed by atoms with Crippen molar-refractivity contribution in [1.29, 1.82) is 0 Å². The molecule has 1 unspecified atom stereocenters. The topological polar surface area (TPSA) is 104 Å². The van der Waals surface area contributed by atoms with Gasteiger partial charge in [-0.3, -0.25) is 0 Å². The van der Waals surface area contributed by atoms with Crippen LogP contribution in [-0.2, 0) is 19.9 Å². The number of hydrogen-bond acceptors (Lipinski definition) is 5. The van der Waals surface area contributed by atoms with Crippen LogP contribution in [0, 0.1) is 11.8 Å². The molecular weight excluding hydrogens is 314 g/mol. The zero-order valence-corrected chi connectivity index (χ0v) is 13.9. The van der Waals surface area contributed by atoms with Gasteiger partial charge < -0.3 is 4.74 Å². The zero-order valence-electron chi connectivity index (χ0n) is 12.3. The molecule has 120 valence electrons. The van der Waals surface area contributed by atoms with Crippen molar-refractivity contribution in [2.24, 2.45) is 17.0 Å². The van der Waals surface area contributed by atoms with Crippen LogP contribution in [-0.4, -0.2) is 35.5 Å². The summed E-state index contributed by atoms with van der Waals surface area (Å²) in [5.41, 5.74) is 0. The van der Waals surface area contributed by atoms with Crippen molar-refractivity contribution in [1.82, 2.24) is 0 Å². The molecule has 0 aromatic heterocycles. The first-order valence-corrected chi connectivity index (χ1v) is 10.0. The smallest absolute Gasteiger partial charge is 0.209 e. The Morgan fingerprint density at radius 3 is 2.00 bits per heavy atom. The molecule has 0 saturated carbocycles. The van der Waals surface area contributed by atoms with Crippen LogP contribution in [0.1, 0.15) is 13.8 Å². The van der Waals surface area contributed by atoms with Crippen LogP contribution in [0.25, 0.3) is 0 Å². The maximum absolute atomic E-state index is 11.3. The van der Waals surface area contributed by atoms with Crippen molar-refractivity contribution in [3.8, 4) is 5.75 Å². The fourth-order valence-corrected chi connectivity index (χ4v) is 3.43. The maximum Gasteiger partial charge on any atom is 0.209 e. The van der Waals surface area contributed by atoms with Crippen LogP contribution in [0.5, 0.6) is 5.75 Å². The van der Waals surface area contributed by atoms with E-state index in [1.165, 1.54) is 12.1 Å².